The first-order valence-corrected chi connectivity index (χ1v) is 33.1. The van der Waals surface area contributed by atoms with Gasteiger partial charge >= 0.3 is 17.9 Å². The fourth-order valence-corrected chi connectivity index (χ4v) is 9.75. The van der Waals surface area contributed by atoms with Gasteiger partial charge in [0, 0.05) is 19.3 Å². The lowest BCUT2D eigenvalue weighted by molar-refractivity contribution is -0.167. The molecule has 1 unspecified atom stereocenters. The summed E-state index contributed by atoms with van der Waals surface area (Å²) < 4.78 is 16.9. The zero-order valence-corrected chi connectivity index (χ0v) is 50.3. The van der Waals surface area contributed by atoms with Crippen LogP contribution in [0.5, 0.6) is 0 Å². The summed E-state index contributed by atoms with van der Waals surface area (Å²) in [7, 11) is 0. The van der Waals surface area contributed by atoms with Crippen LogP contribution in [-0.4, -0.2) is 37.2 Å². The number of carbonyl (C=O) groups is 3. The number of unbranched alkanes of at least 4 members (excludes halogenated alkanes) is 42. The Morgan fingerprint density at radius 3 is 0.787 bits per heavy atom. The van der Waals surface area contributed by atoms with E-state index in [1.165, 1.54) is 231 Å². The van der Waals surface area contributed by atoms with E-state index in [4.69, 9.17) is 14.2 Å². The van der Waals surface area contributed by atoms with Gasteiger partial charge in [0.25, 0.3) is 0 Å². The number of ether oxygens (including phenoxy) is 3. The Morgan fingerprint density at radius 2 is 0.493 bits per heavy atom. The molecule has 0 saturated carbocycles. The van der Waals surface area contributed by atoms with Crippen LogP contribution in [0, 0.1) is 0 Å². The van der Waals surface area contributed by atoms with Crippen molar-refractivity contribution in [2.24, 2.45) is 0 Å². The van der Waals surface area contributed by atoms with Crippen molar-refractivity contribution in [2.75, 3.05) is 13.2 Å². The maximum Gasteiger partial charge on any atom is 0.306 e. The van der Waals surface area contributed by atoms with Crippen LogP contribution in [0.4, 0.5) is 0 Å². The molecule has 0 spiro atoms. The minimum absolute atomic E-state index is 0.0781. The molecule has 0 rings (SSSR count). The zero-order valence-electron chi connectivity index (χ0n) is 50.3. The van der Waals surface area contributed by atoms with E-state index >= 15 is 0 Å². The maximum absolute atomic E-state index is 12.9. The first kappa shape index (κ1) is 72.4. The molecule has 6 heteroatoms. The van der Waals surface area contributed by atoms with Crippen molar-refractivity contribution >= 4 is 17.9 Å². The van der Waals surface area contributed by atoms with Gasteiger partial charge < -0.3 is 14.2 Å². The molecule has 0 aliphatic heterocycles. The van der Waals surface area contributed by atoms with Crippen LogP contribution < -0.4 is 0 Å². The van der Waals surface area contributed by atoms with Crippen molar-refractivity contribution in [1.82, 2.24) is 0 Å². The molecule has 0 aromatic rings. The number of carbonyl (C=O) groups excluding carboxylic acids is 3. The Kier molecular flexibility index (Phi) is 61.7. The molecular formula is C69H126O6. The van der Waals surface area contributed by atoms with Gasteiger partial charge in [-0.2, -0.15) is 0 Å². The maximum atomic E-state index is 12.9. The average Bonchev–Trinajstić information content (AvgIpc) is 3.41. The third kappa shape index (κ3) is 62.1. The minimum Gasteiger partial charge on any atom is -0.462 e. The molecule has 0 aromatic heterocycles. The summed E-state index contributed by atoms with van der Waals surface area (Å²) in [4.78, 5) is 38.3. The summed E-state index contributed by atoms with van der Waals surface area (Å²) in [6.07, 6.45) is 79.9. The third-order valence-corrected chi connectivity index (χ3v) is 14.8. The largest absolute Gasteiger partial charge is 0.462 e. The van der Waals surface area contributed by atoms with Crippen molar-refractivity contribution < 1.29 is 28.6 Å². The van der Waals surface area contributed by atoms with E-state index in [0.29, 0.717) is 19.3 Å². The van der Waals surface area contributed by atoms with Crippen LogP contribution in [0.2, 0.25) is 0 Å². The molecule has 0 aliphatic carbocycles. The van der Waals surface area contributed by atoms with Crippen LogP contribution in [0.1, 0.15) is 355 Å². The van der Waals surface area contributed by atoms with Gasteiger partial charge in [-0.3, -0.25) is 14.4 Å². The van der Waals surface area contributed by atoms with E-state index in [9.17, 15) is 14.4 Å². The first-order valence-electron chi connectivity index (χ1n) is 33.1. The second-order valence-corrected chi connectivity index (χ2v) is 22.4. The molecule has 0 fully saturated rings. The number of hydrogen-bond donors (Lipinski definition) is 0. The lowest BCUT2D eigenvalue weighted by Gasteiger charge is -2.18. The Balaban J connectivity index is 4.24. The summed E-state index contributed by atoms with van der Waals surface area (Å²) in [5.41, 5.74) is 0. The third-order valence-electron chi connectivity index (χ3n) is 14.8. The molecule has 0 bridgehead atoms. The van der Waals surface area contributed by atoms with E-state index < -0.39 is 6.10 Å². The highest BCUT2D eigenvalue weighted by molar-refractivity contribution is 5.71. The lowest BCUT2D eigenvalue weighted by atomic mass is 10.0. The molecule has 75 heavy (non-hydrogen) atoms. The number of esters is 3. The average molecular weight is 1050 g/mol. The molecular weight excluding hydrogens is 925 g/mol. The minimum atomic E-state index is -0.783. The fraction of sp³-hybridized carbons (Fsp3) is 0.841. The normalized spacial score (nSPS) is 12.3. The van der Waals surface area contributed by atoms with Crippen LogP contribution in [-0.2, 0) is 28.6 Å². The Labute approximate surface area is 467 Å². The Bertz CT molecular complexity index is 1300. The Hall–Kier alpha value is -2.63. The van der Waals surface area contributed by atoms with Crippen LogP contribution in [0.3, 0.4) is 0 Å². The molecule has 0 heterocycles. The van der Waals surface area contributed by atoms with Gasteiger partial charge in [-0.1, -0.05) is 288 Å². The van der Waals surface area contributed by atoms with Gasteiger partial charge in [-0.05, 0) is 96.3 Å². The highest BCUT2D eigenvalue weighted by Crippen LogP contribution is 2.17. The molecule has 0 aromatic carbocycles. The van der Waals surface area contributed by atoms with Crippen molar-refractivity contribution in [1.29, 1.82) is 0 Å². The van der Waals surface area contributed by atoms with E-state index in [1.54, 1.807) is 0 Å². The van der Waals surface area contributed by atoms with Gasteiger partial charge in [-0.15, -0.1) is 0 Å². The van der Waals surface area contributed by atoms with E-state index in [-0.39, 0.29) is 31.1 Å². The van der Waals surface area contributed by atoms with Gasteiger partial charge in [0.05, 0.1) is 0 Å². The van der Waals surface area contributed by atoms with Gasteiger partial charge in [-0.25, -0.2) is 0 Å². The summed E-state index contributed by atoms with van der Waals surface area (Å²) in [6, 6.07) is 0. The standard InChI is InChI=1S/C69H126O6/c1-4-7-10-13-16-19-22-25-28-30-31-32-33-34-35-36-37-38-39-40-42-44-47-50-53-56-59-62-68(71)74-65-66(64-73-67(70)61-58-55-52-49-46-43-27-24-21-18-15-12-9-6-3)75-69(72)63-60-57-54-51-48-45-41-29-26-23-20-17-14-11-8-5-2/h15,18,24,27,29-31,41,66H,4-14,16-17,19-23,25-26,28,32-40,42-65H2,1-3H3/b18-15-,27-24-,31-30-,41-29-. The van der Waals surface area contributed by atoms with Crippen molar-refractivity contribution in [3.05, 3.63) is 48.6 Å². The zero-order chi connectivity index (χ0) is 54.3. The second kappa shape index (κ2) is 63.9. The van der Waals surface area contributed by atoms with Crippen molar-refractivity contribution in [3.63, 3.8) is 0 Å². The Morgan fingerprint density at radius 1 is 0.267 bits per heavy atom. The van der Waals surface area contributed by atoms with Crippen LogP contribution in [0.25, 0.3) is 0 Å². The van der Waals surface area contributed by atoms with Crippen LogP contribution >= 0.6 is 0 Å². The predicted octanol–water partition coefficient (Wildman–Crippen LogP) is 22.6. The summed E-state index contributed by atoms with van der Waals surface area (Å²) in [5, 5.41) is 0. The monoisotopic (exact) mass is 1050 g/mol. The highest BCUT2D eigenvalue weighted by Gasteiger charge is 2.19. The van der Waals surface area contributed by atoms with Gasteiger partial charge in [0.1, 0.15) is 13.2 Å². The smallest absolute Gasteiger partial charge is 0.306 e. The lowest BCUT2D eigenvalue weighted by Crippen LogP contribution is -2.30. The molecule has 6 nitrogen and oxygen atoms in total. The number of hydrogen-bond acceptors (Lipinski definition) is 6. The molecule has 0 radical (unpaired) electrons. The molecule has 438 valence electrons. The number of rotatable bonds is 61. The summed E-state index contributed by atoms with van der Waals surface area (Å²) in [6.45, 7) is 6.63. The molecule has 1 atom stereocenters. The summed E-state index contributed by atoms with van der Waals surface area (Å²) >= 11 is 0. The summed E-state index contributed by atoms with van der Waals surface area (Å²) in [5.74, 6) is -0.881. The quantitative estimate of drug-likeness (QED) is 0.0261. The van der Waals surface area contributed by atoms with Gasteiger partial charge in [0.15, 0.2) is 6.10 Å². The number of allylic oxidation sites excluding steroid dienone is 8. The first-order chi connectivity index (χ1) is 37.0. The molecule has 0 amide bonds. The topological polar surface area (TPSA) is 78.9 Å². The molecule has 0 saturated heterocycles. The van der Waals surface area contributed by atoms with Crippen molar-refractivity contribution in [2.45, 2.75) is 361 Å². The predicted molar refractivity (Wildman–Crippen MR) is 325 cm³/mol. The van der Waals surface area contributed by atoms with E-state index in [0.717, 1.165) is 83.5 Å². The van der Waals surface area contributed by atoms with E-state index in [2.05, 4.69) is 69.4 Å². The van der Waals surface area contributed by atoms with Crippen LogP contribution in [0.15, 0.2) is 48.6 Å². The SMILES string of the molecule is CCCC/C=C\C/C=C\CCCCCCCC(=O)OCC(COC(=O)CCCCCCCCCCCCCCCCC/C=C\CCCCCCCCCC)OC(=O)CCCCCCC/C=C\CCCCCCCCC. The fourth-order valence-electron chi connectivity index (χ4n) is 9.75. The molecule has 0 N–H and O–H groups in total. The highest BCUT2D eigenvalue weighted by atomic mass is 16.6. The van der Waals surface area contributed by atoms with Gasteiger partial charge in [0.2, 0.25) is 0 Å². The molecule has 0 aliphatic rings. The van der Waals surface area contributed by atoms with E-state index in [1.807, 2.05) is 0 Å². The second-order valence-electron chi connectivity index (χ2n) is 22.4. The van der Waals surface area contributed by atoms with Crippen molar-refractivity contribution in [3.8, 4) is 0 Å².